The lowest BCUT2D eigenvalue weighted by molar-refractivity contribution is 0.360. The van der Waals surface area contributed by atoms with Crippen LogP contribution in [0.1, 0.15) is 13.3 Å². The van der Waals surface area contributed by atoms with Crippen molar-refractivity contribution in [1.82, 2.24) is 14.9 Å². The van der Waals surface area contributed by atoms with Gasteiger partial charge < -0.3 is 15.1 Å². The molecule has 1 N–H and O–H groups in total. The van der Waals surface area contributed by atoms with Crippen molar-refractivity contribution < 1.29 is 0 Å². The van der Waals surface area contributed by atoms with E-state index in [1.54, 1.807) is 11.3 Å². The number of rotatable bonds is 3. The molecule has 3 heterocycles. The third kappa shape index (κ3) is 2.71. The van der Waals surface area contributed by atoms with Gasteiger partial charge in [-0.1, -0.05) is 0 Å². The van der Waals surface area contributed by atoms with Gasteiger partial charge in [0.25, 0.3) is 0 Å². The Labute approximate surface area is 123 Å². The van der Waals surface area contributed by atoms with Crippen molar-refractivity contribution in [3.05, 3.63) is 11.4 Å². The lowest BCUT2D eigenvalue weighted by Crippen LogP contribution is -2.29. The van der Waals surface area contributed by atoms with Crippen LogP contribution in [0.15, 0.2) is 11.4 Å². The first-order valence-electron chi connectivity index (χ1n) is 7.20. The summed E-state index contributed by atoms with van der Waals surface area (Å²) in [6, 6.07) is 2.14. The van der Waals surface area contributed by atoms with Gasteiger partial charge in [0.1, 0.15) is 10.6 Å². The number of nitrogens with zero attached hydrogens (tertiary/aromatic N) is 4. The average Bonchev–Trinajstić information content (AvgIpc) is 2.80. The number of aromatic nitrogens is 2. The topological polar surface area (TPSA) is 44.3 Å². The van der Waals surface area contributed by atoms with Crippen molar-refractivity contribution in [2.45, 2.75) is 13.3 Å². The molecule has 0 atom stereocenters. The molecule has 6 heteroatoms. The zero-order valence-corrected chi connectivity index (χ0v) is 12.9. The Kier molecular flexibility index (Phi) is 4.03. The second-order valence-electron chi connectivity index (χ2n) is 5.18. The molecule has 0 spiro atoms. The van der Waals surface area contributed by atoms with Gasteiger partial charge >= 0.3 is 0 Å². The van der Waals surface area contributed by atoms with Crippen LogP contribution in [0.2, 0.25) is 0 Å². The minimum Gasteiger partial charge on any atom is -0.355 e. The molecule has 2 aromatic rings. The summed E-state index contributed by atoms with van der Waals surface area (Å²) in [7, 11) is 2.19. The van der Waals surface area contributed by atoms with E-state index in [0.717, 1.165) is 49.3 Å². The van der Waals surface area contributed by atoms with E-state index in [0.29, 0.717) is 0 Å². The van der Waals surface area contributed by atoms with Crippen LogP contribution in [-0.4, -0.2) is 54.6 Å². The molecule has 1 saturated heterocycles. The summed E-state index contributed by atoms with van der Waals surface area (Å²) in [6.45, 7) is 7.27. The molecule has 0 bridgehead atoms. The van der Waals surface area contributed by atoms with E-state index in [1.165, 1.54) is 11.8 Å². The highest BCUT2D eigenvalue weighted by Gasteiger charge is 2.18. The van der Waals surface area contributed by atoms with Crippen LogP contribution in [0.3, 0.4) is 0 Å². The maximum Gasteiger partial charge on any atom is 0.226 e. The van der Waals surface area contributed by atoms with Crippen molar-refractivity contribution in [2.24, 2.45) is 0 Å². The van der Waals surface area contributed by atoms with E-state index in [-0.39, 0.29) is 0 Å². The van der Waals surface area contributed by atoms with Crippen molar-refractivity contribution in [3.8, 4) is 0 Å². The molecule has 1 aliphatic heterocycles. The fraction of sp³-hybridized carbons (Fsp3) is 0.571. The summed E-state index contributed by atoms with van der Waals surface area (Å²) in [6.07, 6.45) is 1.18. The lowest BCUT2D eigenvalue weighted by Gasteiger charge is -2.22. The summed E-state index contributed by atoms with van der Waals surface area (Å²) >= 11 is 1.68. The standard InChI is InChI=1S/C14H21N5S/c1-3-15-14-16-12(11-5-10-20-13(11)17-14)19-7-4-6-18(2)8-9-19/h5,10H,3-4,6-9H2,1-2H3,(H,15,16,17). The minimum atomic E-state index is 0.745. The van der Waals surface area contributed by atoms with E-state index >= 15 is 0 Å². The van der Waals surface area contributed by atoms with Gasteiger partial charge in [-0.2, -0.15) is 4.98 Å². The lowest BCUT2D eigenvalue weighted by atomic mass is 10.3. The molecule has 0 radical (unpaired) electrons. The van der Waals surface area contributed by atoms with Crippen molar-refractivity contribution >= 4 is 33.3 Å². The van der Waals surface area contributed by atoms with Crippen LogP contribution in [0.5, 0.6) is 0 Å². The average molecular weight is 291 g/mol. The molecule has 5 nitrogen and oxygen atoms in total. The number of fused-ring (bicyclic) bond motifs is 1. The van der Waals surface area contributed by atoms with Gasteiger partial charge in [-0.3, -0.25) is 0 Å². The molecule has 0 saturated carbocycles. The molecule has 0 aliphatic carbocycles. The van der Waals surface area contributed by atoms with E-state index in [9.17, 15) is 0 Å². The van der Waals surface area contributed by atoms with E-state index in [2.05, 4.69) is 45.5 Å². The fourth-order valence-electron chi connectivity index (χ4n) is 2.58. The Morgan fingerprint density at radius 2 is 2.15 bits per heavy atom. The van der Waals surface area contributed by atoms with Crippen molar-refractivity contribution in [1.29, 1.82) is 0 Å². The van der Waals surface area contributed by atoms with Gasteiger partial charge in [-0.05, 0) is 38.4 Å². The van der Waals surface area contributed by atoms with Gasteiger partial charge in [0.2, 0.25) is 5.95 Å². The molecular formula is C14H21N5S. The Morgan fingerprint density at radius 3 is 3.00 bits per heavy atom. The summed E-state index contributed by atoms with van der Waals surface area (Å²) in [4.78, 5) is 15.2. The molecule has 0 amide bonds. The monoisotopic (exact) mass is 291 g/mol. The summed E-state index contributed by atoms with van der Waals surface area (Å²) in [5, 5.41) is 6.52. The highest BCUT2D eigenvalue weighted by Crippen LogP contribution is 2.29. The molecule has 2 aromatic heterocycles. The Balaban J connectivity index is 1.97. The van der Waals surface area contributed by atoms with Gasteiger partial charge in [-0.15, -0.1) is 11.3 Å². The van der Waals surface area contributed by atoms with E-state index in [4.69, 9.17) is 4.98 Å². The number of likely N-dealkylation sites (N-methyl/N-ethyl adjacent to an activating group) is 1. The van der Waals surface area contributed by atoms with Crippen LogP contribution >= 0.6 is 11.3 Å². The first-order valence-corrected chi connectivity index (χ1v) is 8.08. The summed E-state index contributed by atoms with van der Waals surface area (Å²) in [5.74, 6) is 1.83. The molecule has 0 aromatic carbocycles. The van der Waals surface area contributed by atoms with Crippen LogP contribution < -0.4 is 10.2 Å². The Bertz CT molecular complexity index is 582. The summed E-state index contributed by atoms with van der Waals surface area (Å²) in [5.41, 5.74) is 0. The van der Waals surface area contributed by atoms with Crippen molar-refractivity contribution in [2.75, 3.05) is 50.0 Å². The van der Waals surface area contributed by atoms with E-state index < -0.39 is 0 Å². The first-order chi connectivity index (χ1) is 9.78. The number of thiophene rings is 1. The number of anilines is 2. The normalized spacial score (nSPS) is 17.4. The molecule has 108 valence electrons. The zero-order chi connectivity index (χ0) is 13.9. The number of hydrogen-bond acceptors (Lipinski definition) is 6. The molecule has 0 unspecified atom stereocenters. The fourth-order valence-corrected chi connectivity index (χ4v) is 3.33. The minimum absolute atomic E-state index is 0.745. The van der Waals surface area contributed by atoms with Crippen LogP contribution in [-0.2, 0) is 0 Å². The van der Waals surface area contributed by atoms with Crippen LogP contribution in [0, 0.1) is 0 Å². The van der Waals surface area contributed by atoms with Gasteiger partial charge in [0.05, 0.1) is 5.39 Å². The van der Waals surface area contributed by atoms with E-state index in [1.807, 2.05) is 0 Å². The number of nitrogens with one attached hydrogen (secondary N) is 1. The first kappa shape index (κ1) is 13.6. The SMILES string of the molecule is CCNc1nc(N2CCCN(C)CC2)c2ccsc2n1. The molecule has 3 rings (SSSR count). The maximum absolute atomic E-state index is 4.75. The predicted molar refractivity (Wildman–Crippen MR) is 85.9 cm³/mol. The molecule has 20 heavy (non-hydrogen) atoms. The Morgan fingerprint density at radius 1 is 1.25 bits per heavy atom. The Hall–Kier alpha value is -1.40. The zero-order valence-electron chi connectivity index (χ0n) is 12.1. The van der Waals surface area contributed by atoms with Crippen LogP contribution in [0.25, 0.3) is 10.2 Å². The number of hydrogen-bond donors (Lipinski definition) is 1. The van der Waals surface area contributed by atoms with Gasteiger partial charge in [0.15, 0.2) is 0 Å². The predicted octanol–water partition coefficient (Wildman–Crippen LogP) is 2.26. The smallest absolute Gasteiger partial charge is 0.226 e. The van der Waals surface area contributed by atoms with Crippen LogP contribution in [0.4, 0.5) is 11.8 Å². The second-order valence-corrected chi connectivity index (χ2v) is 6.08. The molecule has 1 fully saturated rings. The summed E-state index contributed by atoms with van der Waals surface area (Å²) < 4.78 is 0. The molecule has 1 aliphatic rings. The van der Waals surface area contributed by atoms with Gasteiger partial charge in [0, 0.05) is 26.2 Å². The highest BCUT2D eigenvalue weighted by atomic mass is 32.1. The third-order valence-corrected chi connectivity index (χ3v) is 4.47. The highest BCUT2D eigenvalue weighted by molar-refractivity contribution is 7.16. The van der Waals surface area contributed by atoms with Gasteiger partial charge in [-0.25, -0.2) is 4.98 Å². The quantitative estimate of drug-likeness (QED) is 0.940. The molecular weight excluding hydrogens is 270 g/mol. The largest absolute Gasteiger partial charge is 0.355 e. The van der Waals surface area contributed by atoms with Crippen molar-refractivity contribution in [3.63, 3.8) is 0 Å². The maximum atomic E-state index is 4.75. The second kappa shape index (κ2) is 5.93. The third-order valence-electron chi connectivity index (χ3n) is 3.66.